The maximum Gasteiger partial charge on any atom is 0.248 e. The Morgan fingerprint density at radius 2 is 1.04 bits per heavy atom. The zero-order chi connectivity index (χ0) is 19.6. The Bertz CT molecular complexity index is 744. The van der Waals surface area contributed by atoms with Crippen molar-refractivity contribution in [3.63, 3.8) is 0 Å². The van der Waals surface area contributed by atoms with E-state index in [1.807, 2.05) is 0 Å². The Balaban J connectivity index is 1.56. The van der Waals surface area contributed by atoms with Gasteiger partial charge in [-0.2, -0.15) is 0 Å². The lowest BCUT2D eigenvalue weighted by Crippen LogP contribution is -2.30. The summed E-state index contributed by atoms with van der Waals surface area (Å²) in [5, 5.41) is 0. The SMILES string of the molecule is CCCCCC[n+]1ccn(-c2ccc(-n3cc[n+](CCCCCC)c3)cc2)c1. The highest BCUT2D eigenvalue weighted by molar-refractivity contribution is 5.41. The Hall–Kier alpha value is -2.36. The smallest absolute Gasteiger partial charge is 0.236 e. The van der Waals surface area contributed by atoms with Crippen LogP contribution in [0.1, 0.15) is 65.2 Å². The molecule has 2 aromatic heterocycles. The molecule has 0 fully saturated rings. The van der Waals surface area contributed by atoms with E-state index in [9.17, 15) is 0 Å². The Morgan fingerprint density at radius 1 is 0.607 bits per heavy atom. The molecular formula is C24H36N4+2. The molecule has 0 saturated carbocycles. The van der Waals surface area contributed by atoms with Gasteiger partial charge in [-0.25, -0.2) is 18.3 Å². The number of benzene rings is 1. The fraction of sp³-hybridized carbons (Fsp3) is 0.500. The van der Waals surface area contributed by atoms with Gasteiger partial charge >= 0.3 is 0 Å². The van der Waals surface area contributed by atoms with Crippen molar-refractivity contribution in [1.29, 1.82) is 0 Å². The molecule has 2 heterocycles. The van der Waals surface area contributed by atoms with Gasteiger partial charge in [0.05, 0.1) is 13.1 Å². The molecular weight excluding hydrogens is 344 g/mol. The van der Waals surface area contributed by atoms with Gasteiger partial charge in [0.15, 0.2) is 0 Å². The Morgan fingerprint density at radius 3 is 1.43 bits per heavy atom. The van der Waals surface area contributed by atoms with Crippen molar-refractivity contribution in [2.75, 3.05) is 0 Å². The molecule has 0 aliphatic carbocycles. The second kappa shape index (κ2) is 10.8. The van der Waals surface area contributed by atoms with E-state index in [1.165, 1.54) is 62.7 Å². The number of hydrogen-bond donors (Lipinski definition) is 0. The molecule has 3 aromatic rings. The van der Waals surface area contributed by atoms with Gasteiger partial charge in [-0.3, -0.25) is 0 Å². The van der Waals surface area contributed by atoms with Crippen LogP contribution < -0.4 is 9.13 Å². The minimum Gasteiger partial charge on any atom is -0.236 e. The summed E-state index contributed by atoms with van der Waals surface area (Å²) in [4.78, 5) is 0. The summed E-state index contributed by atoms with van der Waals surface area (Å²) in [7, 11) is 0. The number of aryl methyl sites for hydroxylation is 2. The summed E-state index contributed by atoms with van der Waals surface area (Å²) in [6.07, 6.45) is 23.4. The first-order valence-corrected chi connectivity index (χ1v) is 11.0. The van der Waals surface area contributed by atoms with Gasteiger partial charge in [0, 0.05) is 0 Å². The molecule has 0 radical (unpaired) electrons. The molecule has 150 valence electrons. The average molecular weight is 381 g/mol. The average Bonchev–Trinajstić information content (AvgIpc) is 3.39. The van der Waals surface area contributed by atoms with Gasteiger partial charge in [0.25, 0.3) is 0 Å². The summed E-state index contributed by atoms with van der Waals surface area (Å²) in [6, 6.07) is 8.79. The summed E-state index contributed by atoms with van der Waals surface area (Å²) >= 11 is 0. The standard InChI is InChI=1S/C24H36N4/c1-3-5-7-9-15-25-17-19-27(21-25)23-11-13-24(14-12-23)28-20-18-26(22-28)16-10-8-6-4-2/h11-14,17-22H,3-10,15-16H2,1-2H3/q+2. The van der Waals surface area contributed by atoms with Gasteiger partial charge in [0.1, 0.15) is 36.2 Å². The number of unbranched alkanes of at least 4 members (excludes halogenated alkanes) is 6. The highest BCUT2D eigenvalue weighted by Gasteiger charge is 2.10. The van der Waals surface area contributed by atoms with Crippen LogP contribution in [0.2, 0.25) is 0 Å². The molecule has 0 atom stereocenters. The van der Waals surface area contributed by atoms with Crippen molar-refractivity contribution >= 4 is 0 Å². The van der Waals surface area contributed by atoms with E-state index in [-0.39, 0.29) is 0 Å². The van der Waals surface area contributed by atoms with Crippen LogP contribution in [0.5, 0.6) is 0 Å². The monoisotopic (exact) mass is 380 g/mol. The summed E-state index contributed by atoms with van der Waals surface area (Å²) in [5.74, 6) is 0. The molecule has 0 N–H and O–H groups in total. The number of hydrogen-bond acceptors (Lipinski definition) is 0. The van der Waals surface area contributed by atoms with Crippen molar-refractivity contribution in [3.8, 4) is 11.4 Å². The van der Waals surface area contributed by atoms with Crippen LogP contribution in [0.3, 0.4) is 0 Å². The first kappa shape index (κ1) is 20.4. The van der Waals surface area contributed by atoms with Crippen molar-refractivity contribution in [1.82, 2.24) is 9.13 Å². The fourth-order valence-corrected chi connectivity index (χ4v) is 3.60. The lowest BCUT2D eigenvalue weighted by molar-refractivity contribution is -0.696. The van der Waals surface area contributed by atoms with Crippen LogP contribution in [-0.2, 0) is 13.1 Å². The molecule has 0 unspecified atom stereocenters. The van der Waals surface area contributed by atoms with Crippen molar-refractivity contribution in [2.24, 2.45) is 0 Å². The van der Waals surface area contributed by atoms with Crippen molar-refractivity contribution < 1.29 is 9.13 Å². The van der Waals surface area contributed by atoms with E-state index in [4.69, 9.17) is 0 Å². The van der Waals surface area contributed by atoms with Gasteiger partial charge in [-0.1, -0.05) is 39.5 Å². The predicted octanol–water partition coefficient (Wildman–Crippen LogP) is 5.00. The zero-order valence-electron chi connectivity index (χ0n) is 17.6. The van der Waals surface area contributed by atoms with E-state index >= 15 is 0 Å². The fourth-order valence-electron chi connectivity index (χ4n) is 3.60. The summed E-state index contributed by atoms with van der Waals surface area (Å²) in [6.45, 7) is 6.72. The highest BCUT2D eigenvalue weighted by atomic mass is 15.1. The number of rotatable bonds is 12. The zero-order valence-corrected chi connectivity index (χ0v) is 17.6. The van der Waals surface area contributed by atoms with E-state index in [2.05, 4.69) is 93.8 Å². The van der Waals surface area contributed by atoms with Crippen LogP contribution in [0.25, 0.3) is 11.4 Å². The van der Waals surface area contributed by atoms with E-state index < -0.39 is 0 Å². The number of imidazole rings is 2. The maximum absolute atomic E-state index is 2.29. The molecule has 0 aliphatic rings. The van der Waals surface area contributed by atoms with Gasteiger partial charge in [0.2, 0.25) is 12.7 Å². The van der Waals surface area contributed by atoms with Crippen LogP contribution in [-0.4, -0.2) is 9.13 Å². The third-order valence-electron chi connectivity index (χ3n) is 5.37. The largest absolute Gasteiger partial charge is 0.248 e. The highest BCUT2D eigenvalue weighted by Crippen LogP contribution is 2.12. The minimum atomic E-state index is 1.10. The second-order valence-electron chi connectivity index (χ2n) is 7.76. The predicted molar refractivity (Wildman–Crippen MR) is 114 cm³/mol. The third-order valence-corrected chi connectivity index (χ3v) is 5.37. The molecule has 4 heteroatoms. The van der Waals surface area contributed by atoms with Crippen molar-refractivity contribution in [2.45, 2.75) is 78.3 Å². The topological polar surface area (TPSA) is 17.6 Å². The van der Waals surface area contributed by atoms with Crippen LogP contribution in [0.4, 0.5) is 0 Å². The van der Waals surface area contributed by atoms with Gasteiger partial charge < -0.3 is 0 Å². The first-order chi connectivity index (χ1) is 13.8. The van der Waals surface area contributed by atoms with E-state index in [0.29, 0.717) is 0 Å². The maximum atomic E-state index is 2.29. The van der Waals surface area contributed by atoms with E-state index in [0.717, 1.165) is 13.1 Å². The van der Waals surface area contributed by atoms with Gasteiger partial charge in [-0.05, 0) is 49.9 Å². The number of nitrogens with zero attached hydrogens (tertiary/aromatic N) is 4. The first-order valence-electron chi connectivity index (χ1n) is 11.0. The quantitative estimate of drug-likeness (QED) is 0.311. The third kappa shape index (κ3) is 5.82. The van der Waals surface area contributed by atoms with Crippen molar-refractivity contribution in [3.05, 3.63) is 61.7 Å². The van der Waals surface area contributed by atoms with Crippen LogP contribution in [0.15, 0.2) is 61.7 Å². The van der Waals surface area contributed by atoms with E-state index in [1.54, 1.807) is 0 Å². The summed E-state index contributed by atoms with van der Waals surface area (Å²) < 4.78 is 8.98. The Labute approximate surface area is 170 Å². The Kier molecular flexibility index (Phi) is 7.89. The van der Waals surface area contributed by atoms with Crippen LogP contribution >= 0.6 is 0 Å². The molecule has 4 nitrogen and oxygen atoms in total. The molecule has 0 bridgehead atoms. The normalized spacial score (nSPS) is 11.2. The molecule has 1 aromatic carbocycles. The molecule has 28 heavy (non-hydrogen) atoms. The van der Waals surface area contributed by atoms with Gasteiger partial charge in [-0.15, -0.1) is 0 Å². The minimum absolute atomic E-state index is 1.10. The molecule has 0 spiro atoms. The molecule has 0 amide bonds. The summed E-state index contributed by atoms with van der Waals surface area (Å²) in [5.41, 5.74) is 2.41. The molecule has 0 aliphatic heterocycles. The molecule has 0 saturated heterocycles. The second-order valence-corrected chi connectivity index (χ2v) is 7.76. The lowest BCUT2D eigenvalue weighted by atomic mass is 10.2. The molecule has 3 rings (SSSR count). The number of aromatic nitrogens is 4. The van der Waals surface area contributed by atoms with Crippen LogP contribution in [0, 0.1) is 0 Å². The lowest BCUT2D eigenvalue weighted by Gasteiger charge is -1.99.